The predicted octanol–water partition coefficient (Wildman–Crippen LogP) is 17.5. The van der Waals surface area contributed by atoms with Crippen LogP contribution in [0.25, 0.3) is 125 Å². The average Bonchev–Trinajstić information content (AvgIpc) is 4.04. The Morgan fingerprint density at radius 1 is 0.323 bits per heavy atom. The number of thiophene rings is 1. The zero-order valence-electron chi connectivity index (χ0n) is 35.1. The lowest BCUT2D eigenvalue weighted by Gasteiger charge is -2.17. The van der Waals surface area contributed by atoms with Crippen LogP contribution in [0, 0.1) is 6.57 Å². The zero-order chi connectivity index (χ0) is 43.0. The fourth-order valence-electron chi connectivity index (χ4n) is 10.1. The summed E-state index contributed by atoms with van der Waals surface area (Å²) in [5.74, 6) is 0. The number of fused-ring (bicyclic) bond motifs is 9. The fourth-order valence-corrected chi connectivity index (χ4v) is 11.3. The monoisotopic (exact) mass is 843 g/mol. The predicted molar refractivity (Wildman–Crippen MR) is 276 cm³/mol. The highest BCUT2D eigenvalue weighted by Crippen LogP contribution is 2.50. The molecule has 4 heteroatoms. The van der Waals surface area contributed by atoms with E-state index in [-0.39, 0.29) is 0 Å². The van der Waals surface area contributed by atoms with Gasteiger partial charge in [-0.15, -0.1) is 11.3 Å². The standard InChI is InChI=1S/C61H37N3S/c1-62-60-57(64-54-32-28-45(41-20-10-4-11-21-41)36-50(54)51-37-46(29-33-55(51)64)42-22-12-5-13-23-42)38-56(59-47-24-14-15-25-58(47)65-61(59)60)63-52-30-26-43(39-16-6-2-7-17-39)34-48(52)49-35-44(27-31-53(49)63)40-18-8-3-9-19-40/h2-38H. The van der Waals surface area contributed by atoms with Crippen molar-refractivity contribution in [3.63, 3.8) is 0 Å². The minimum Gasteiger partial charge on any atom is -0.319 e. The third kappa shape index (κ3) is 5.87. The first-order valence-corrected chi connectivity index (χ1v) is 22.8. The second-order valence-electron chi connectivity index (χ2n) is 16.7. The molecule has 0 fully saturated rings. The number of nitrogens with zero attached hydrogens (tertiary/aromatic N) is 3. The number of hydrogen-bond donors (Lipinski definition) is 0. The largest absolute Gasteiger partial charge is 0.319 e. The molecule has 0 radical (unpaired) electrons. The van der Waals surface area contributed by atoms with E-state index in [0.717, 1.165) is 75.5 Å². The first-order chi connectivity index (χ1) is 32.2. The Balaban J connectivity index is 1.15. The molecule has 10 aromatic carbocycles. The molecule has 3 nitrogen and oxygen atoms in total. The van der Waals surface area contributed by atoms with Crippen molar-refractivity contribution < 1.29 is 0 Å². The second-order valence-corrected chi connectivity index (χ2v) is 17.8. The Bertz CT molecular complexity index is 3850. The summed E-state index contributed by atoms with van der Waals surface area (Å²) in [5, 5.41) is 6.90. The molecule has 0 atom stereocenters. The summed E-state index contributed by atoms with van der Waals surface area (Å²) in [7, 11) is 0. The molecule has 65 heavy (non-hydrogen) atoms. The molecule has 0 spiro atoms. The van der Waals surface area contributed by atoms with Crippen LogP contribution in [0.2, 0.25) is 0 Å². The lowest BCUT2D eigenvalue weighted by Crippen LogP contribution is -2.00. The minimum absolute atomic E-state index is 0.654. The summed E-state index contributed by atoms with van der Waals surface area (Å²) < 4.78 is 6.96. The van der Waals surface area contributed by atoms with Crippen molar-refractivity contribution >= 4 is 80.8 Å². The Morgan fingerprint density at radius 3 is 1.06 bits per heavy atom. The van der Waals surface area contributed by atoms with Gasteiger partial charge < -0.3 is 9.13 Å². The molecule has 3 heterocycles. The highest BCUT2D eigenvalue weighted by Gasteiger charge is 2.25. The summed E-state index contributed by atoms with van der Waals surface area (Å²) in [4.78, 5) is 4.46. The molecule has 3 aromatic heterocycles. The molecule has 13 rings (SSSR count). The van der Waals surface area contributed by atoms with Crippen LogP contribution in [0.15, 0.2) is 224 Å². The molecule has 0 bridgehead atoms. The number of aromatic nitrogens is 2. The van der Waals surface area contributed by atoms with Crippen molar-refractivity contribution in [2.24, 2.45) is 0 Å². The highest BCUT2D eigenvalue weighted by atomic mass is 32.1. The molecule has 13 aromatic rings. The van der Waals surface area contributed by atoms with E-state index in [0.29, 0.717) is 5.69 Å². The minimum atomic E-state index is 0.654. The maximum absolute atomic E-state index is 8.98. The second kappa shape index (κ2) is 14.8. The van der Waals surface area contributed by atoms with Gasteiger partial charge in [-0.05, 0) is 105 Å². The van der Waals surface area contributed by atoms with Crippen molar-refractivity contribution in [2.75, 3.05) is 0 Å². The molecule has 0 aliphatic heterocycles. The van der Waals surface area contributed by atoms with Gasteiger partial charge in [0.2, 0.25) is 5.69 Å². The van der Waals surface area contributed by atoms with E-state index in [4.69, 9.17) is 6.57 Å². The van der Waals surface area contributed by atoms with Crippen molar-refractivity contribution in [3.05, 3.63) is 236 Å². The topological polar surface area (TPSA) is 14.2 Å². The van der Waals surface area contributed by atoms with E-state index in [1.54, 1.807) is 11.3 Å². The van der Waals surface area contributed by atoms with E-state index in [1.165, 1.54) is 44.2 Å². The molecule has 0 saturated heterocycles. The van der Waals surface area contributed by atoms with Crippen LogP contribution in [0.5, 0.6) is 0 Å². The summed E-state index contributed by atoms with van der Waals surface area (Å²) >= 11 is 1.72. The van der Waals surface area contributed by atoms with Gasteiger partial charge in [-0.25, -0.2) is 4.85 Å². The number of hydrogen-bond acceptors (Lipinski definition) is 1. The van der Waals surface area contributed by atoms with E-state index >= 15 is 0 Å². The Morgan fingerprint density at radius 2 is 0.677 bits per heavy atom. The number of benzene rings is 10. The molecule has 0 aliphatic carbocycles. The molecule has 0 saturated carbocycles. The van der Waals surface area contributed by atoms with Crippen molar-refractivity contribution in [2.45, 2.75) is 0 Å². The maximum Gasteiger partial charge on any atom is 0.228 e. The third-order valence-corrected chi connectivity index (χ3v) is 14.3. The SMILES string of the molecule is [C-]#[N+]c1c(-n2c3ccc(-c4ccccc4)cc3c3cc(-c4ccccc4)ccc32)cc(-n2c3ccc(-c4ccccc4)cc3c3cc(-c4ccccc4)ccc32)c2c1sc1ccccc12. The van der Waals surface area contributed by atoms with Crippen LogP contribution in [-0.2, 0) is 0 Å². The van der Waals surface area contributed by atoms with E-state index in [9.17, 15) is 0 Å². The van der Waals surface area contributed by atoms with Crippen molar-refractivity contribution in [1.82, 2.24) is 9.13 Å². The Kier molecular flexibility index (Phi) is 8.46. The van der Waals surface area contributed by atoms with Gasteiger partial charge in [0.15, 0.2) is 0 Å². The molecular formula is C61H37N3S. The first-order valence-electron chi connectivity index (χ1n) is 21.9. The van der Waals surface area contributed by atoms with Crippen LogP contribution in [0.3, 0.4) is 0 Å². The Labute approximate surface area is 379 Å². The van der Waals surface area contributed by atoms with Crippen LogP contribution in [-0.4, -0.2) is 9.13 Å². The van der Waals surface area contributed by atoms with E-state index in [1.807, 2.05) is 0 Å². The van der Waals surface area contributed by atoms with E-state index < -0.39 is 0 Å². The zero-order valence-corrected chi connectivity index (χ0v) is 35.9. The van der Waals surface area contributed by atoms with Crippen LogP contribution in [0.1, 0.15) is 0 Å². The van der Waals surface area contributed by atoms with E-state index in [2.05, 4.69) is 238 Å². The van der Waals surface area contributed by atoms with Gasteiger partial charge in [0, 0.05) is 41.7 Å². The molecule has 0 N–H and O–H groups in total. The summed E-state index contributed by atoms with van der Waals surface area (Å²) in [6, 6.07) is 80.9. The lowest BCUT2D eigenvalue weighted by molar-refractivity contribution is 1.15. The first kappa shape index (κ1) is 37.1. The van der Waals surface area contributed by atoms with Crippen LogP contribution < -0.4 is 0 Å². The lowest BCUT2D eigenvalue weighted by atomic mass is 10.0. The van der Waals surface area contributed by atoms with Crippen molar-refractivity contribution in [1.29, 1.82) is 0 Å². The van der Waals surface area contributed by atoms with Gasteiger partial charge >= 0.3 is 0 Å². The normalized spacial score (nSPS) is 11.7. The fraction of sp³-hybridized carbons (Fsp3) is 0. The maximum atomic E-state index is 8.98. The average molecular weight is 844 g/mol. The van der Waals surface area contributed by atoms with Crippen LogP contribution in [0.4, 0.5) is 5.69 Å². The molecule has 302 valence electrons. The third-order valence-electron chi connectivity index (χ3n) is 13.1. The van der Waals surface area contributed by atoms with Gasteiger partial charge in [-0.2, -0.15) is 0 Å². The van der Waals surface area contributed by atoms with Gasteiger partial charge in [-0.1, -0.05) is 164 Å². The van der Waals surface area contributed by atoms with Crippen LogP contribution >= 0.6 is 11.3 Å². The molecule has 0 unspecified atom stereocenters. The van der Waals surface area contributed by atoms with Gasteiger partial charge in [-0.3, -0.25) is 0 Å². The van der Waals surface area contributed by atoms with Gasteiger partial charge in [0.1, 0.15) is 0 Å². The summed E-state index contributed by atoms with van der Waals surface area (Å²) in [6.07, 6.45) is 0. The molecule has 0 aliphatic rings. The molecular weight excluding hydrogens is 807 g/mol. The summed E-state index contributed by atoms with van der Waals surface area (Å²) in [5.41, 5.74) is 16.3. The van der Waals surface area contributed by atoms with Gasteiger partial charge in [0.25, 0.3) is 0 Å². The Hall–Kier alpha value is -8.49. The summed E-state index contributed by atoms with van der Waals surface area (Å²) in [6.45, 7) is 8.98. The smallest absolute Gasteiger partial charge is 0.228 e. The number of rotatable bonds is 6. The van der Waals surface area contributed by atoms with Crippen molar-refractivity contribution in [3.8, 4) is 55.9 Å². The highest BCUT2D eigenvalue weighted by molar-refractivity contribution is 7.26. The quantitative estimate of drug-likeness (QED) is 0.148. The molecule has 0 amide bonds. The van der Waals surface area contributed by atoms with Gasteiger partial charge in [0.05, 0.1) is 40.0 Å².